The average Bonchev–Trinajstić information content (AvgIpc) is 3.06. The minimum atomic E-state index is -0.309. The van der Waals surface area contributed by atoms with Gasteiger partial charge >= 0.3 is 0 Å². The zero-order chi connectivity index (χ0) is 18.7. The second-order valence-corrected chi connectivity index (χ2v) is 6.94. The summed E-state index contributed by atoms with van der Waals surface area (Å²) in [7, 11) is 0. The van der Waals surface area contributed by atoms with Crippen LogP contribution in [0.4, 0.5) is 4.39 Å². The highest BCUT2D eigenvalue weighted by atomic mass is 32.1. The molecule has 0 N–H and O–H groups in total. The predicted molar refractivity (Wildman–Crippen MR) is 98.5 cm³/mol. The van der Waals surface area contributed by atoms with Gasteiger partial charge in [-0.15, -0.1) is 0 Å². The van der Waals surface area contributed by atoms with Crippen LogP contribution in [0.25, 0.3) is 10.2 Å². The van der Waals surface area contributed by atoms with E-state index in [1.807, 2.05) is 31.4 Å². The minimum Gasteiger partial charge on any atom is -0.380 e. The quantitative estimate of drug-likeness (QED) is 0.622. The van der Waals surface area contributed by atoms with Gasteiger partial charge in [0.25, 0.3) is 5.91 Å². The maximum atomic E-state index is 13.5. The van der Waals surface area contributed by atoms with Crippen LogP contribution in [0.3, 0.4) is 0 Å². The Morgan fingerprint density at radius 3 is 2.85 bits per heavy atom. The van der Waals surface area contributed by atoms with Crippen molar-refractivity contribution < 1.29 is 13.9 Å². The first kappa shape index (κ1) is 18.5. The van der Waals surface area contributed by atoms with Crippen molar-refractivity contribution in [3.63, 3.8) is 0 Å². The Labute approximate surface area is 154 Å². The number of benzene rings is 1. The number of aromatic nitrogens is 3. The van der Waals surface area contributed by atoms with Crippen LogP contribution in [0, 0.1) is 19.7 Å². The maximum absolute atomic E-state index is 13.5. The molecule has 0 aliphatic rings. The number of hydrogen-bond donors (Lipinski definition) is 0. The van der Waals surface area contributed by atoms with E-state index >= 15 is 0 Å². The molecular weight excluding hydrogens is 355 g/mol. The highest BCUT2D eigenvalue weighted by Crippen LogP contribution is 2.18. The van der Waals surface area contributed by atoms with Gasteiger partial charge in [0, 0.05) is 18.8 Å². The predicted octanol–water partition coefficient (Wildman–Crippen LogP) is 2.82. The van der Waals surface area contributed by atoms with Crippen LogP contribution < -0.4 is 4.80 Å². The number of nitrogens with zero attached hydrogens (tertiary/aromatic N) is 4. The Balaban J connectivity index is 1.96. The van der Waals surface area contributed by atoms with Gasteiger partial charge in [0.05, 0.1) is 22.5 Å². The summed E-state index contributed by atoms with van der Waals surface area (Å²) in [4.78, 5) is 17.2. The first-order valence-electron chi connectivity index (χ1n) is 8.43. The third kappa shape index (κ3) is 4.08. The molecule has 1 aromatic carbocycles. The summed E-state index contributed by atoms with van der Waals surface area (Å²) in [6, 6.07) is 6.49. The number of carbonyl (C=O) groups excluding carboxylic acids is 1. The van der Waals surface area contributed by atoms with Crippen molar-refractivity contribution in [3.8, 4) is 0 Å². The molecule has 0 saturated carbocycles. The minimum absolute atomic E-state index is 0.0771. The van der Waals surface area contributed by atoms with E-state index in [0.717, 1.165) is 21.6 Å². The van der Waals surface area contributed by atoms with E-state index in [1.165, 1.54) is 23.5 Å². The monoisotopic (exact) mass is 376 g/mol. The second kappa shape index (κ2) is 7.92. The fourth-order valence-electron chi connectivity index (χ4n) is 2.75. The van der Waals surface area contributed by atoms with Gasteiger partial charge in [0.2, 0.25) is 0 Å². The SMILES string of the molecule is CCOCCn1c(=NC(=O)Cn2nc(C)cc2C)sc2cc(F)ccc21. The van der Waals surface area contributed by atoms with E-state index in [9.17, 15) is 9.18 Å². The second-order valence-electron chi connectivity index (χ2n) is 5.94. The Morgan fingerprint density at radius 2 is 2.15 bits per heavy atom. The van der Waals surface area contributed by atoms with Crippen LogP contribution in [0.1, 0.15) is 18.3 Å². The molecule has 138 valence electrons. The van der Waals surface area contributed by atoms with Crippen molar-refractivity contribution in [2.75, 3.05) is 13.2 Å². The van der Waals surface area contributed by atoms with Crippen molar-refractivity contribution >= 4 is 27.5 Å². The summed E-state index contributed by atoms with van der Waals surface area (Å²) >= 11 is 1.29. The molecule has 0 bridgehead atoms. The molecule has 0 atom stereocenters. The molecule has 3 aromatic rings. The van der Waals surface area contributed by atoms with Crippen molar-refractivity contribution in [1.82, 2.24) is 14.3 Å². The molecule has 0 aliphatic carbocycles. The maximum Gasteiger partial charge on any atom is 0.270 e. The third-order valence-electron chi connectivity index (χ3n) is 3.92. The highest BCUT2D eigenvalue weighted by Gasteiger charge is 2.10. The number of ether oxygens (including phenoxy) is 1. The van der Waals surface area contributed by atoms with Gasteiger partial charge in [0.15, 0.2) is 4.80 Å². The third-order valence-corrected chi connectivity index (χ3v) is 4.96. The van der Waals surface area contributed by atoms with Gasteiger partial charge in [0.1, 0.15) is 12.4 Å². The van der Waals surface area contributed by atoms with Crippen LogP contribution in [0.15, 0.2) is 29.3 Å². The van der Waals surface area contributed by atoms with Crippen LogP contribution in [0.5, 0.6) is 0 Å². The summed E-state index contributed by atoms with van der Waals surface area (Å²) in [6.07, 6.45) is 0. The van der Waals surface area contributed by atoms with Crippen molar-refractivity contribution in [3.05, 3.63) is 46.3 Å². The van der Waals surface area contributed by atoms with Crippen LogP contribution >= 0.6 is 11.3 Å². The number of rotatable bonds is 6. The van der Waals surface area contributed by atoms with Crippen molar-refractivity contribution in [1.29, 1.82) is 0 Å². The Morgan fingerprint density at radius 1 is 1.35 bits per heavy atom. The Kier molecular flexibility index (Phi) is 5.63. The topological polar surface area (TPSA) is 61.4 Å². The summed E-state index contributed by atoms with van der Waals surface area (Å²) in [5.74, 6) is -0.607. The summed E-state index contributed by atoms with van der Waals surface area (Å²) in [6.45, 7) is 7.44. The van der Waals surface area contributed by atoms with E-state index in [1.54, 1.807) is 10.7 Å². The molecule has 8 heteroatoms. The molecule has 2 aromatic heterocycles. The normalized spacial score (nSPS) is 12.2. The summed E-state index contributed by atoms with van der Waals surface area (Å²) < 4.78 is 23.3. The lowest BCUT2D eigenvalue weighted by molar-refractivity contribution is -0.118. The van der Waals surface area contributed by atoms with Crippen LogP contribution in [0.2, 0.25) is 0 Å². The molecule has 1 amide bonds. The number of carbonyl (C=O) groups is 1. The zero-order valence-corrected chi connectivity index (χ0v) is 15.8. The molecule has 0 aliphatic heterocycles. The molecule has 0 radical (unpaired) electrons. The van der Waals surface area contributed by atoms with E-state index < -0.39 is 0 Å². The summed E-state index contributed by atoms with van der Waals surface area (Å²) in [5, 5.41) is 4.29. The van der Waals surface area contributed by atoms with E-state index in [4.69, 9.17) is 4.74 Å². The lowest BCUT2D eigenvalue weighted by atomic mass is 10.3. The number of aryl methyl sites for hydroxylation is 2. The fraction of sp³-hybridized carbons (Fsp3) is 0.389. The zero-order valence-electron chi connectivity index (χ0n) is 15.0. The number of hydrogen-bond acceptors (Lipinski definition) is 4. The van der Waals surface area contributed by atoms with Crippen molar-refractivity contribution in [2.45, 2.75) is 33.9 Å². The van der Waals surface area contributed by atoms with E-state index in [-0.39, 0.29) is 18.3 Å². The van der Waals surface area contributed by atoms with E-state index in [0.29, 0.717) is 24.6 Å². The molecule has 0 spiro atoms. The highest BCUT2D eigenvalue weighted by molar-refractivity contribution is 7.16. The number of amides is 1. The van der Waals surface area contributed by atoms with Gasteiger partial charge < -0.3 is 9.30 Å². The molecule has 0 saturated heterocycles. The fourth-order valence-corrected chi connectivity index (χ4v) is 3.85. The first-order valence-corrected chi connectivity index (χ1v) is 9.25. The van der Waals surface area contributed by atoms with Gasteiger partial charge in [-0.3, -0.25) is 9.48 Å². The van der Waals surface area contributed by atoms with Crippen LogP contribution in [-0.4, -0.2) is 33.5 Å². The van der Waals surface area contributed by atoms with Gasteiger partial charge in [-0.1, -0.05) is 11.3 Å². The number of fused-ring (bicyclic) bond motifs is 1. The van der Waals surface area contributed by atoms with Crippen molar-refractivity contribution in [2.24, 2.45) is 4.99 Å². The largest absolute Gasteiger partial charge is 0.380 e. The standard InChI is InChI=1S/C18H21FN4O2S/c1-4-25-8-7-22-15-6-5-14(19)10-16(15)26-18(22)20-17(24)11-23-13(3)9-12(2)21-23/h5-6,9-10H,4,7-8,11H2,1-3H3. The van der Waals surface area contributed by atoms with Crippen LogP contribution in [-0.2, 0) is 22.6 Å². The molecule has 2 heterocycles. The van der Waals surface area contributed by atoms with E-state index in [2.05, 4.69) is 10.1 Å². The molecule has 26 heavy (non-hydrogen) atoms. The number of halogens is 1. The Bertz CT molecular complexity index is 1000. The lowest BCUT2D eigenvalue weighted by Crippen LogP contribution is -2.21. The van der Waals surface area contributed by atoms with Gasteiger partial charge in [-0.05, 0) is 45.0 Å². The average molecular weight is 376 g/mol. The summed E-state index contributed by atoms with van der Waals surface area (Å²) in [5.41, 5.74) is 2.61. The molecule has 0 unspecified atom stereocenters. The van der Waals surface area contributed by atoms with Gasteiger partial charge in [-0.25, -0.2) is 4.39 Å². The Hall–Kier alpha value is -2.32. The molecule has 3 rings (SSSR count). The molecular formula is C18H21FN4O2S. The first-order chi connectivity index (χ1) is 12.5. The molecule has 0 fully saturated rings. The van der Waals surface area contributed by atoms with Gasteiger partial charge in [-0.2, -0.15) is 10.1 Å². The number of thiazole rings is 1. The lowest BCUT2D eigenvalue weighted by Gasteiger charge is -2.05. The molecule has 6 nitrogen and oxygen atoms in total. The smallest absolute Gasteiger partial charge is 0.270 e.